The highest BCUT2D eigenvalue weighted by Gasteiger charge is 2.36. The Balaban J connectivity index is 1.21. The second kappa shape index (κ2) is 12.1. The molecule has 0 saturated heterocycles. The van der Waals surface area contributed by atoms with Gasteiger partial charge in [0.2, 0.25) is 0 Å². The molecule has 2 heteroatoms. The summed E-state index contributed by atoms with van der Waals surface area (Å²) in [6.07, 6.45) is 0. The molecule has 10 aromatic rings. The summed E-state index contributed by atoms with van der Waals surface area (Å²) in [5.74, 6) is 0. The molecule has 0 amide bonds. The van der Waals surface area contributed by atoms with Gasteiger partial charge < -0.3 is 9.32 Å². The first kappa shape index (κ1) is 31.6. The molecular formula is C53H37NO. The van der Waals surface area contributed by atoms with E-state index >= 15 is 0 Å². The van der Waals surface area contributed by atoms with E-state index in [-0.39, 0.29) is 5.41 Å². The van der Waals surface area contributed by atoms with Crippen molar-refractivity contribution in [2.24, 2.45) is 0 Å². The largest absolute Gasteiger partial charge is 0.456 e. The maximum absolute atomic E-state index is 6.53. The third-order valence-electron chi connectivity index (χ3n) is 11.8. The van der Waals surface area contributed by atoms with Crippen molar-refractivity contribution < 1.29 is 4.42 Å². The zero-order valence-electron chi connectivity index (χ0n) is 30.8. The molecule has 1 aromatic heterocycles. The Kier molecular flexibility index (Phi) is 6.93. The summed E-state index contributed by atoms with van der Waals surface area (Å²) >= 11 is 0. The summed E-state index contributed by atoms with van der Waals surface area (Å²) < 4.78 is 6.53. The molecular weight excluding hydrogens is 667 g/mol. The van der Waals surface area contributed by atoms with Crippen molar-refractivity contribution in [3.05, 3.63) is 199 Å². The number of anilines is 3. The number of nitrogens with zero attached hydrogens (tertiary/aromatic N) is 1. The predicted molar refractivity (Wildman–Crippen MR) is 232 cm³/mol. The minimum atomic E-state index is -0.148. The van der Waals surface area contributed by atoms with Gasteiger partial charge in [-0.25, -0.2) is 0 Å². The summed E-state index contributed by atoms with van der Waals surface area (Å²) in [7, 11) is 0. The van der Waals surface area contributed by atoms with Gasteiger partial charge in [0.25, 0.3) is 0 Å². The van der Waals surface area contributed by atoms with Gasteiger partial charge in [-0.05, 0) is 109 Å². The van der Waals surface area contributed by atoms with Crippen LogP contribution in [0.3, 0.4) is 0 Å². The van der Waals surface area contributed by atoms with Crippen LogP contribution in [0.2, 0.25) is 0 Å². The van der Waals surface area contributed by atoms with Crippen LogP contribution in [0.15, 0.2) is 192 Å². The first-order chi connectivity index (χ1) is 27.0. The van der Waals surface area contributed by atoms with E-state index in [4.69, 9.17) is 4.42 Å². The average Bonchev–Trinajstić information content (AvgIpc) is 3.71. The zero-order valence-corrected chi connectivity index (χ0v) is 30.8. The van der Waals surface area contributed by atoms with Crippen molar-refractivity contribution in [3.63, 3.8) is 0 Å². The lowest BCUT2D eigenvalue weighted by atomic mass is 9.82. The van der Waals surface area contributed by atoms with Crippen LogP contribution in [-0.2, 0) is 5.41 Å². The lowest BCUT2D eigenvalue weighted by molar-refractivity contribution is 0.660. The lowest BCUT2D eigenvalue weighted by Gasteiger charge is -2.31. The first-order valence-electron chi connectivity index (χ1n) is 19.1. The third kappa shape index (κ3) is 4.95. The number of furan rings is 1. The van der Waals surface area contributed by atoms with E-state index in [1.165, 1.54) is 66.1 Å². The minimum absolute atomic E-state index is 0.148. The van der Waals surface area contributed by atoms with E-state index in [9.17, 15) is 0 Å². The Bertz CT molecular complexity index is 3150. The van der Waals surface area contributed by atoms with Gasteiger partial charge in [-0.3, -0.25) is 0 Å². The summed E-state index contributed by atoms with van der Waals surface area (Å²) in [6.45, 7) is 4.71. The van der Waals surface area contributed by atoms with Gasteiger partial charge in [-0.1, -0.05) is 147 Å². The summed E-state index contributed by atoms with van der Waals surface area (Å²) in [6, 6.07) is 68.7. The zero-order chi connectivity index (χ0) is 36.7. The van der Waals surface area contributed by atoms with Crippen LogP contribution in [0.25, 0.3) is 76.9 Å². The molecule has 11 rings (SSSR count). The minimum Gasteiger partial charge on any atom is -0.456 e. The molecule has 1 aliphatic carbocycles. The van der Waals surface area contributed by atoms with Gasteiger partial charge >= 0.3 is 0 Å². The SMILES string of the molecule is CC1(C)c2ccccc2-c2ccc(N(c3ccc4c(c3)oc3ccccc34)c3cccc(-c4ccc5ccccc5c4)c3-c3ccc4ccccc4c3)cc21. The van der Waals surface area contributed by atoms with Crippen LogP contribution in [0, 0.1) is 0 Å². The standard InChI is InChI=1S/C53H37NO/c1-53(2)47-19-9-7-16-43(47)44-28-26-40(32-48(44)53)54(41-27-29-46-45-17-8-10-21-50(45)55-51(46)33-41)49-20-11-18-42(38-24-22-34-12-3-5-14-36(34)30-38)52(49)39-25-23-35-13-4-6-15-37(35)31-39/h3-33H,1-2H3. The number of fused-ring (bicyclic) bond motifs is 8. The van der Waals surface area contributed by atoms with Crippen molar-refractivity contribution in [1.29, 1.82) is 0 Å². The van der Waals surface area contributed by atoms with Gasteiger partial charge in [-0.15, -0.1) is 0 Å². The van der Waals surface area contributed by atoms with Crippen molar-refractivity contribution in [2.75, 3.05) is 4.90 Å². The van der Waals surface area contributed by atoms with Gasteiger partial charge in [0.15, 0.2) is 0 Å². The molecule has 0 saturated carbocycles. The first-order valence-corrected chi connectivity index (χ1v) is 19.1. The molecule has 0 atom stereocenters. The van der Waals surface area contributed by atoms with Crippen molar-refractivity contribution in [3.8, 4) is 33.4 Å². The lowest BCUT2D eigenvalue weighted by Crippen LogP contribution is -2.17. The highest BCUT2D eigenvalue weighted by molar-refractivity contribution is 6.07. The molecule has 0 aliphatic heterocycles. The van der Waals surface area contributed by atoms with Crippen LogP contribution in [0.5, 0.6) is 0 Å². The predicted octanol–water partition coefficient (Wildman–Crippen LogP) is 15.0. The molecule has 0 radical (unpaired) electrons. The average molecular weight is 704 g/mol. The maximum Gasteiger partial charge on any atom is 0.137 e. The number of rotatable bonds is 5. The van der Waals surface area contributed by atoms with Crippen LogP contribution >= 0.6 is 0 Å². The van der Waals surface area contributed by atoms with E-state index in [2.05, 4.69) is 201 Å². The van der Waals surface area contributed by atoms with E-state index in [1.807, 2.05) is 6.07 Å². The fraction of sp³-hybridized carbons (Fsp3) is 0.0566. The van der Waals surface area contributed by atoms with Gasteiger partial charge in [0, 0.05) is 39.2 Å². The second-order valence-corrected chi connectivity index (χ2v) is 15.3. The molecule has 0 fully saturated rings. The van der Waals surface area contributed by atoms with Crippen molar-refractivity contribution in [2.45, 2.75) is 19.3 Å². The van der Waals surface area contributed by atoms with Gasteiger partial charge in [0.1, 0.15) is 11.2 Å². The number of hydrogen-bond acceptors (Lipinski definition) is 2. The molecule has 9 aromatic carbocycles. The molecule has 1 aliphatic rings. The smallest absolute Gasteiger partial charge is 0.137 e. The number of para-hydroxylation sites is 1. The molecule has 260 valence electrons. The Hall–Kier alpha value is -6.90. The summed E-state index contributed by atoms with van der Waals surface area (Å²) in [4.78, 5) is 2.45. The molecule has 55 heavy (non-hydrogen) atoms. The fourth-order valence-corrected chi connectivity index (χ4v) is 9.08. The molecule has 1 heterocycles. The topological polar surface area (TPSA) is 16.4 Å². The van der Waals surface area contributed by atoms with Crippen LogP contribution < -0.4 is 4.90 Å². The Morgan fingerprint density at radius 3 is 1.82 bits per heavy atom. The van der Waals surface area contributed by atoms with Crippen LogP contribution in [0.1, 0.15) is 25.0 Å². The molecule has 0 bridgehead atoms. The van der Waals surface area contributed by atoms with E-state index in [0.29, 0.717) is 0 Å². The Morgan fingerprint density at radius 1 is 0.400 bits per heavy atom. The van der Waals surface area contributed by atoms with Crippen molar-refractivity contribution in [1.82, 2.24) is 0 Å². The highest BCUT2D eigenvalue weighted by atomic mass is 16.3. The Labute approximate surface area is 320 Å². The molecule has 0 N–H and O–H groups in total. The third-order valence-corrected chi connectivity index (χ3v) is 11.8. The van der Waals surface area contributed by atoms with E-state index in [0.717, 1.165) is 39.0 Å². The molecule has 0 unspecified atom stereocenters. The van der Waals surface area contributed by atoms with E-state index in [1.54, 1.807) is 0 Å². The normalized spacial score (nSPS) is 13.1. The molecule has 0 spiro atoms. The molecule has 2 nitrogen and oxygen atoms in total. The monoisotopic (exact) mass is 703 g/mol. The maximum atomic E-state index is 6.53. The Morgan fingerprint density at radius 2 is 1.00 bits per heavy atom. The quantitative estimate of drug-likeness (QED) is 0.177. The fourth-order valence-electron chi connectivity index (χ4n) is 9.08. The van der Waals surface area contributed by atoms with E-state index < -0.39 is 0 Å². The van der Waals surface area contributed by atoms with Crippen LogP contribution in [-0.4, -0.2) is 0 Å². The van der Waals surface area contributed by atoms with Crippen LogP contribution in [0.4, 0.5) is 17.1 Å². The second-order valence-electron chi connectivity index (χ2n) is 15.3. The van der Waals surface area contributed by atoms with Gasteiger partial charge in [0.05, 0.1) is 5.69 Å². The summed E-state index contributed by atoms with van der Waals surface area (Å²) in [5, 5.41) is 7.14. The highest BCUT2D eigenvalue weighted by Crippen LogP contribution is 2.52. The van der Waals surface area contributed by atoms with Gasteiger partial charge in [-0.2, -0.15) is 0 Å². The summed E-state index contributed by atoms with van der Waals surface area (Å²) in [5.41, 5.74) is 14.9. The number of hydrogen-bond donors (Lipinski definition) is 0. The number of benzene rings is 9. The van der Waals surface area contributed by atoms with Crippen molar-refractivity contribution >= 4 is 60.5 Å².